The normalized spacial score (nSPS) is 15.9. The van der Waals surface area contributed by atoms with E-state index in [2.05, 4.69) is 4.18 Å². The van der Waals surface area contributed by atoms with Crippen LogP contribution >= 0.6 is 0 Å². The van der Waals surface area contributed by atoms with Gasteiger partial charge in [-0.3, -0.25) is 0 Å². The Morgan fingerprint density at radius 3 is 2.36 bits per heavy atom. The molecule has 1 aromatic carbocycles. The van der Waals surface area contributed by atoms with Gasteiger partial charge in [0.15, 0.2) is 18.8 Å². The van der Waals surface area contributed by atoms with Gasteiger partial charge in [0.2, 0.25) is 0 Å². The van der Waals surface area contributed by atoms with Crippen LogP contribution < -0.4 is 0 Å². The minimum atomic E-state index is -5.94. The minimum Gasteiger partial charge on any atom is -0.458 e. The predicted octanol–water partition coefficient (Wildman–Crippen LogP) is 1.94. The maximum Gasteiger partial charge on any atom is 0.534 e. The van der Waals surface area contributed by atoms with Crippen molar-refractivity contribution in [3.63, 3.8) is 0 Å². The molecular weight excluding hydrogens is 403 g/mol. The van der Waals surface area contributed by atoms with Crippen molar-refractivity contribution >= 4 is 27.6 Å². The van der Waals surface area contributed by atoms with Gasteiger partial charge < -0.3 is 13.7 Å². The Labute approximate surface area is 160 Å². The van der Waals surface area contributed by atoms with Gasteiger partial charge in [-0.15, -0.1) is 0 Å². The van der Waals surface area contributed by atoms with Gasteiger partial charge in [-0.05, 0) is 6.92 Å². The van der Waals surface area contributed by atoms with Crippen LogP contribution in [0.3, 0.4) is 0 Å². The molecule has 1 fully saturated rings. The summed E-state index contributed by atoms with van der Waals surface area (Å²) >= 11 is 0. The topological polar surface area (TPSA) is 81.9 Å². The number of ether oxygens (including phenoxy) is 2. The van der Waals surface area contributed by atoms with E-state index in [1.807, 2.05) is 0 Å². The molecule has 154 valence electrons. The number of nitrogens with zero attached hydrogens (tertiary/aromatic N) is 1. The van der Waals surface area contributed by atoms with E-state index in [0.717, 1.165) is 6.08 Å². The first kappa shape index (κ1) is 21.9. The van der Waals surface area contributed by atoms with E-state index < -0.39 is 27.4 Å². The average Bonchev–Trinajstić information content (AvgIpc) is 2.65. The van der Waals surface area contributed by atoms with Crippen molar-refractivity contribution in [3.05, 3.63) is 42.0 Å². The Hall–Kier alpha value is -2.40. The van der Waals surface area contributed by atoms with Gasteiger partial charge >= 0.3 is 21.6 Å². The van der Waals surface area contributed by atoms with Crippen molar-refractivity contribution in [2.24, 2.45) is 0 Å². The van der Waals surface area contributed by atoms with E-state index in [0.29, 0.717) is 13.2 Å². The van der Waals surface area contributed by atoms with E-state index in [1.165, 1.54) is 28.8 Å². The standard InChI is InChI=1S/C17H19F3NO6S/c1-2-26-16(22)14(21-8-10-25-11-9-21)12-15(13-6-4-3-5-7-13)27-28(23,24)17(18,19)20/h3-7,12H,2,8-11H2,1H3/q+1/b15-12-. The van der Waals surface area contributed by atoms with Crippen molar-refractivity contribution in [3.8, 4) is 0 Å². The van der Waals surface area contributed by atoms with Crippen LogP contribution in [-0.4, -0.2) is 63.1 Å². The third kappa shape index (κ3) is 5.55. The zero-order chi connectivity index (χ0) is 20.8. The molecule has 1 aliphatic heterocycles. The first-order valence-electron chi connectivity index (χ1n) is 8.30. The van der Waals surface area contributed by atoms with Crippen molar-refractivity contribution in [2.75, 3.05) is 32.9 Å². The minimum absolute atomic E-state index is 0.0306. The highest BCUT2D eigenvalue weighted by Crippen LogP contribution is 2.29. The molecule has 1 saturated heterocycles. The lowest BCUT2D eigenvalue weighted by Crippen LogP contribution is -2.37. The van der Waals surface area contributed by atoms with E-state index in [1.54, 1.807) is 13.0 Å². The fourth-order valence-corrected chi connectivity index (χ4v) is 2.81. The molecule has 0 atom stereocenters. The maximum absolute atomic E-state index is 12.8. The van der Waals surface area contributed by atoms with E-state index in [4.69, 9.17) is 9.47 Å². The number of rotatable bonds is 6. The predicted molar refractivity (Wildman–Crippen MR) is 92.9 cm³/mol. The second kappa shape index (κ2) is 9.20. The number of carbonyl (C=O) groups excluding carboxylic acids is 1. The molecule has 1 aromatic rings. The highest BCUT2D eigenvalue weighted by atomic mass is 32.2. The summed E-state index contributed by atoms with van der Waals surface area (Å²) in [5.74, 6) is -1.46. The Morgan fingerprint density at radius 1 is 1.21 bits per heavy atom. The lowest BCUT2D eigenvalue weighted by molar-refractivity contribution is -0.548. The molecule has 0 amide bonds. The molecule has 0 N–H and O–H groups in total. The zero-order valence-electron chi connectivity index (χ0n) is 14.9. The molecular formula is C17H19F3NO6S+. The van der Waals surface area contributed by atoms with Gasteiger partial charge in [0.05, 0.1) is 12.7 Å². The van der Waals surface area contributed by atoms with Gasteiger partial charge in [0, 0.05) is 5.56 Å². The molecule has 0 unspecified atom stereocenters. The summed E-state index contributed by atoms with van der Waals surface area (Å²) in [5, 5.41) is 0. The summed E-state index contributed by atoms with van der Waals surface area (Å²) < 4.78 is 77.6. The largest absolute Gasteiger partial charge is 0.534 e. The van der Waals surface area contributed by atoms with Crippen LogP contribution in [0.2, 0.25) is 0 Å². The maximum atomic E-state index is 12.8. The number of alkyl halides is 3. The van der Waals surface area contributed by atoms with Crippen molar-refractivity contribution in [2.45, 2.75) is 12.4 Å². The van der Waals surface area contributed by atoms with Gasteiger partial charge in [0.25, 0.3) is 5.71 Å². The summed E-state index contributed by atoms with van der Waals surface area (Å²) in [6.45, 7) is 2.74. The molecule has 1 heterocycles. The zero-order valence-corrected chi connectivity index (χ0v) is 15.8. The summed E-state index contributed by atoms with van der Waals surface area (Å²) in [5.41, 5.74) is -5.70. The molecule has 0 aromatic heterocycles. The van der Waals surface area contributed by atoms with Crippen LogP contribution in [0.1, 0.15) is 12.5 Å². The molecule has 0 saturated carbocycles. The number of carbonyl (C=O) groups is 1. The molecule has 0 radical (unpaired) electrons. The summed E-state index contributed by atoms with van der Waals surface area (Å²) in [6, 6.07) is 7.30. The van der Waals surface area contributed by atoms with Gasteiger partial charge in [-0.2, -0.15) is 21.6 Å². The second-order valence-corrected chi connectivity index (χ2v) is 7.10. The van der Waals surface area contributed by atoms with Crippen molar-refractivity contribution in [1.29, 1.82) is 0 Å². The summed E-state index contributed by atoms with van der Waals surface area (Å²) in [6.07, 6.45) is 0.946. The second-order valence-electron chi connectivity index (χ2n) is 5.56. The van der Waals surface area contributed by atoms with Crippen LogP contribution in [0.25, 0.3) is 5.76 Å². The third-order valence-electron chi connectivity index (χ3n) is 3.65. The molecule has 11 heteroatoms. The number of hydrogen-bond donors (Lipinski definition) is 0. The first-order valence-corrected chi connectivity index (χ1v) is 9.71. The lowest BCUT2D eigenvalue weighted by atomic mass is 10.1. The number of morpholine rings is 1. The molecule has 0 aliphatic carbocycles. The van der Waals surface area contributed by atoms with Gasteiger partial charge in [-0.1, -0.05) is 30.3 Å². The Morgan fingerprint density at radius 2 is 1.82 bits per heavy atom. The molecule has 1 aliphatic rings. The molecule has 7 nitrogen and oxygen atoms in total. The first-order chi connectivity index (χ1) is 13.2. The lowest BCUT2D eigenvalue weighted by Gasteiger charge is -2.15. The van der Waals surface area contributed by atoms with Crippen LogP contribution in [-0.2, 0) is 28.6 Å². The summed E-state index contributed by atoms with van der Waals surface area (Å²) in [4.78, 5) is 12.4. The number of hydrogen-bond acceptors (Lipinski definition) is 6. The Balaban J connectivity index is 2.58. The van der Waals surface area contributed by atoms with E-state index in [-0.39, 0.29) is 31.0 Å². The number of esters is 1. The Kier molecular flexibility index (Phi) is 7.19. The summed E-state index contributed by atoms with van der Waals surface area (Å²) in [7, 11) is -5.94. The highest BCUT2D eigenvalue weighted by Gasteiger charge is 2.49. The fourth-order valence-electron chi connectivity index (χ4n) is 2.34. The van der Waals surface area contributed by atoms with Crippen molar-refractivity contribution in [1.82, 2.24) is 0 Å². The Bertz CT molecular complexity index is 855. The monoisotopic (exact) mass is 422 g/mol. The van der Waals surface area contributed by atoms with Crippen LogP contribution in [0.15, 0.2) is 36.4 Å². The van der Waals surface area contributed by atoms with Crippen LogP contribution in [0, 0.1) is 0 Å². The quantitative estimate of drug-likeness (QED) is 0.229. The molecule has 28 heavy (non-hydrogen) atoms. The smallest absolute Gasteiger partial charge is 0.458 e. The molecule has 0 bridgehead atoms. The van der Waals surface area contributed by atoms with Gasteiger partial charge in [-0.25, -0.2) is 9.37 Å². The highest BCUT2D eigenvalue weighted by molar-refractivity contribution is 7.87. The van der Waals surface area contributed by atoms with Crippen LogP contribution in [0.5, 0.6) is 0 Å². The van der Waals surface area contributed by atoms with E-state index in [9.17, 15) is 26.4 Å². The average molecular weight is 422 g/mol. The molecule has 2 rings (SSSR count). The number of benzene rings is 1. The van der Waals surface area contributed by atoms with Crippen LogP contribution in [0.4, 0.5) is 13.2 Å². The number of halogens is 3. The van der Waals surface area contributed by atoms with E-state index >= 15 is 0 Å². The third-order valence-corrected chi connectivity index (χ3v) is 4.61. The van der Waals surface area contributed by atoms with Gasteiger partial charge in [0.1, 0.15) is 13.2 Å². The molecule has 0 spiro atoms. The SMILES string of the molecule is CCOC(=O)C(/C=C(\OS(=O)(=O)C(F)(F)F)c1ccccc1)=[N+]1CCOCC1. The van der Waals surface area contributed by atoms with Crippen molar-refractivity contribution < 1.29 is 44.6 Å². The fraction of sp³-hybridized carbons (Fsp3) is 0.412.